The second kappa shape index (κ2) is 5.63. The van der Waals surface area contributed by atoms with E-state index in [1.807, 2.05) is 0 Å². The van der Waals surface area contributed by atoms with E-state index in [0.717, 1.165) is 10.7 Å². The third kappa shape index (κ3) is 3.26. The lowest BCUT2D eigenvalue weighted by atomic mass is 10.3. The van der Waals surface area contributed by atoms with Crippen LogP contribution in [0.1, 0.15) is 0 Å². The second-order valence-corrected chi connectivity index (χ2v) is 7.42. The lowest BCUT2D eigenvalue weighted by Gasteiger charge is -2.12. The molecule has 0 aromatic heterocycles. The minimum atomic E-state index is -3.41. The number of rotatable bonds is 3. The minimum absolute atomic E-state index is 0.0288. The number of sulfone groups is 1. The van der Waals surface area contributed by atoms with Crippen molar-refractivity contribution >= 4 is 43.1 Å². The summed E-state index contributed by atoms with van der Waals surface area (Å²) in [7, 11) is -3.41. The molecule has 0 aliphatic heterocycles. The van der Waals surface area contributed by atoms with Gasteiger partial charge in [-0.1, -0.05) is 33.6 Å². The van der Waals surface area contributed by atoms with Gasteiger partial charge in [-0.15, -0.1) is 0 Å². The van der Waals surface area contributed by atoms with Crippen LogP contribution in [0, 0.1) is 0 Å². The molecule has 0 fully saturated rings. The first-order valence-corrected chi connectivity index (χ1v) is 8.57. The quantitative estimate of drug-likeness (QED) is 0.825. The Balaban J connectivity index is 2.47. The number of para-hydroxylation sites is 1. The smallest absolute Gasteiger partial charge is 0.177 e. The summed E-state index contributed by atoms with van der Waals surface area (Å²) in [5.41, 5.74) is 5.91. The van der Waals surface area contributed by atoms with E-state index < -0.39 is 9.84 Å². The zero-order valence-electron chi connectivity index (χ0n) is 10.4. The molecule has 0 radical (unpaired) electrons. The van der Waals surface area contributed by atoms with Crippen LogP contribution in [0.25, 0.3) is 0 Å². The number of nitrogen functional groups attached to an aromatic ring is 1. The summed E-state index contributed by atoms with van der Waals surface area (Å²) in [5, 5.41) is 0.400. The highest BCUT2D eigenvalue weighted by atomic mass is 79.9. The molecule has 0 aliphatic carbocycles. The lowest BCUT2D eigenvalue weighted by Crippen LogP contribution is -2.03. The van der Waals surface area contributed by atoms with Crippen LogP contribution < -0.4 is 10.5 Å². The fourth-order valence-electron chi connectivity index (χ4n) is 1.61. The summed E-state index contributed by atoms with van der Waals surface area (Å²) in [6.45, 7) is 0. The summed E-state index contributed by atoms with van der Waals surface area (Å²) >= 11 is 9.33. The van der Waals surface area contributed by atoms with Gasteiger partial charge in [0.1, 0.15) is 5.75 Å². The van der Waals surface area contributed by atoms with E-state index in [0.29, 0.717) is 10.8 Å². The number of halogens is 2. The Labute approximate surface area is 130 Å². The van der Waals surface area contributed by atoms with Crippen molar-refractivity contribution in [1.29, 1.82) is 0 Å². The van der Waals surface area contributed by atoms with E-state index >= 15 is 0 Å². The van der Waals surface area contributed by atoms with Gasteiger partial charge in [0.15, 0.2) is 15.6 Å². The van der Waals surface area contributed by atoms with E-state index in [4.69, 9.17) is 22.1 Å². The Hall–Kier alpha value is -1.24. The van der Waals surface area contributed by atoms with Crippen molar-refractivity contribution in [3.8, 4) is 11.5 Å². The number of benzene rings is 2. The first-order chi connectivity index (χ1) is 9.29. The molecule has 0 bridgehead atoms. The summed E-state index contributed by atoms with van der Waals surface area (Å²) < 4.78 is 29.6. The number of ether oxygens (including phenoxy) is 1. The Kier molecular flexibility index (Phi) is 4.27. The maximum absolute atomic E-state index is 11.6. The summed E-state index contributed by atoms with van der Waals surface area (Å²) in [5.74, 6) is 0.631. The van der Waals surface area contributed by atoms with Crippen LogP contribution in [0.5, 0.6) is 11.5 Å². The van der Waals surface area contributed by atoms with Gasteiger partial charge in [0, 0.05) is 10.7 Å². The van der Waals surface area contributed by atoms with Crippen LogP contribution in [0.2, 0.25) is 5.02 Å². The van der Waals surface area contributed by atoms with Crippen LogP contribution in [-0.4, -0.2) is 14.7 Å². The van der Waals surface area contributed by atoms with Crippen molar-refractivity contribution < 1.29 is 13.2 Å². The summed E-state index contributed by atoms with van der Waals surface area (Å²) in [4.78, 5) is 0.0288. The monoisotopic (exact) mass is 375 g/mol. The van der Waals surface area contributed by atoms with Gasteiger partial charge in [-0.25, -0.2) is 8.42 Å². The van der Waals surface area contributed by atoms with Crippen molar-refractivity contribution in [3.05, 3.63) is 45.9 Å². The van der Waals surface area contributed by atoms with Crippen molar-refractivity contribution in [2.75, 3.05) is 12.0 Å². The van der Waals surface area contributed by atoms with Crippen LogP contribution in [0.15, 0.2) is 45.8 Å². The van der Waals surface area contributed by atoms with Gasteiger partial charge in [0.25, 0.3) is 0 Å². The second-order valence-electron chi connectivity index (χ2n) is 4.12. The van der Waals surface area contributed by atoms with Crippen LogP contribution in [-0.2, 0) is 9.84 Å². The summed E-state index contributed by atoms with van der Waals surface area (Å²) in [6, 6.07) is 9.69. The van der Waals surface area contributed by atoms with E-state index in [1.165, 1.54) is 6.07 Å². The number of hydrogen-bond acceptors (Lipinski definition) is 4. The van der Waals surface area contributed by atoms with E-state index in [9.17, 15) is 8.42 Å². The molecule has 0 amide bonds. The third-order valence-corrected chi connectivity index (χ3v) is 4.50. The van der Waals surface area contributed by atoms with Crippen LogP contribution >= 0.6 is 27.5 Å². The zero-order valence-corrected chi connectivity index (χ0v) is 13.6. The highest BCUT2D eigenvalue weighted by Crippen LogP contribution is 2.36. The molecule has 20 heavy (non-hydrogen) atoms. The first kappa shape index (κ1) is 15.2. The van der Waals surface area contributed by atoms with Crippen molar-refractivity contribution in [2.45, 2.75) is 4.90 Å². The average Bonchev–Trinajstić information content (AvgIpc) is 2.35. The topological polar surface area (TPSA) is 69.4 Å². The van der Waals surface area contributed by atoms with Crippen molar-refractivity contribution in [1.82, 2.24) is 0 Å². The average molecular weight is 377 g/mol. The Morgan fingerprint density at radius 3 is 2.55 bits per heavy atom. The van der Waals surface area contributed by atoms with Crippen LogP contribution in [0.3, 0.4) is 0 Å². The number of nitrogens with two attached hydrogens (primary N) is 1. The molecule has 0 aliphatic rings. The van der Waals surface area contributed by atoms with Crippen molar-refractivity contribution in [2.24, 2.45) is 0 Å². The largest absolute Gasteiger partial charge is 0.454 e. The SMILES string of the molecule is CS(=O)(=O)c1cccc(Oc2cc(Br)ccc2Cl)c1N. The van der Waals surface area contributed by atoms with Gasteiger partial charge >= 0.3 is 0 Å². The molecule has 4 nitrogen and oxygen atoms in total. The van der Waals surface area contributed by atoms with E-state index in [2.05, 4.69) is 15.9 Å². The molecule has 7 heteroatoms. The molecule has 2 aromatic carbocycles. The Morgan fingerprint density at radius 1 is 1.20 bits per heavy atom. The normalized spacial score (nSPS) is 11.3. The fourth-order valence-corrected chi connectivity index (χ4v) is 2.93. The molecule has 0 atom stereocenters. The Morgan fingerprint density at radius 2 is 1.90 bits per heavy atom. The molecule has 0 saturated heterocycles. The van der Waals surface area contributed by atoms with Gasteiger partial charge in [0.2, 0.25) is 0 Å². The Bertz CT molecular complexity index is 762. The fraction of sp³-hybridized carbons (Fsp3) is 0.0769. The molecular weight excluding hydrogens is 366 g/mol. The predicted molar refractivity (Wildman–Crippen MR) is 83.2 cm³/mol. The molecule has 2 N–H and O–H groups in total. The molecule has 2 aromatic rings. The van der Waals surface area contributed by atoms with Gasteiger partial charge in [-0.3, -0.25) is 0 Å². The third-order valence-electron chi connectivity index (χ3n) is 2.54. The number of hydrogen-bond donors (Lipinski definition) is 1. The standard InChI is InChI=1S/C13H11BrClNO3S/c1-20(17,18)12-4-2-3-10(13(12)16)19-11-7-8(14)5-6-9(11)15/h2-7H,16H2,1H3. The first-order valence-electron chi connectivity index (χ1n) is 5.50. The summed E-state index contributed by atoms with van der Waals surface area (Å²) in [6.07, 6.45) is 1.09. The highest BCUT2D eigenvalue weighted by molar-refractivity contribution is 9.10. The van der Waals surface area contributed by atoms with Gasteiger partial charge < -0.3 is 10.5 Å². The number of anilines is 1. The molecule has 0 heterocycles. The molecule has 0 spiro atoms. The highest BCUT2D eigenvalue weighted by Gasteiger charge is 2.16. The van der Waals surface area contributed by atoms with E-state index in [1.54, 1.807) is 30.3 Å². The van der Waals surface area contributed by atoms with Gasteiger partial charge in [-0.05, 0) is 30.3 Å². The zero-order chi connectivity index (χ0) is 14.9. The molecule has 106 valence electrons. The van der Waals surface area contributed by atoms with Gasteiger partial charge in [-0.2, -0.15) is 0 Å². The molecular formula is C13H11BrClNO3S. The molecule has 0 saturated carbocycles. The maximum Gasteiger partial charge on any atom is 0.177 e. The predicted octanol–water partition coefficient (Wildman–Crippen LogP) is 3.88. The molecule has 0 unspecified atom stereocenters. The van der Waals surface area contributed by atoms with E-state index in [-0.39, 0.29) is 16.3 Å². The molecule has 2 rings (SSSR count). The maximum atomic E-state index is 11.6. The lowest BCUT2D eigenvalue weighted by molar-refractivity contribution is 0.483. The van der Waals surface area contributed by atoms with Gasteiger partial charge in [0.05, 0.1) is 15.6 Å². The van der Waals surface area contributed by atoms with Crippen molar-refractivity contribution in [3.63, 3.8) is 0 Å². The van der Waals surface area contributed by atoms with Crippen LogP contribution in [0.4, 0.5) is 5.69 Å². The minimum Gasteiger partial charge on any atom is -0.454 e.